The molecule has 12 heavy (non-hydrogen) atoms. The summed E-state index contributed by atoms with van der Waals surface area (Å²) in [5.74, 6) is -0.183. The molecule has 0 saturated heterocycles. The number of rotatable bonds is 1. The highest BCUT2D eigenvalue weighted by Crippen LogP contribution is 2.32. The summed E-state index contributed by atoms with van der Waals surface area (Å²) >= 11 is 6.10. The third kappa shape index (κ3) is 1.78. The lowest BCUT2D eigenvalue weighted by Crippen LogP contribution is -2.20. The highest BCUT2D eigenvalue weighted by atomic mass is 35.5. The van der Waals surface area contributed by atoms with Gasteiger partial charge in [-0.25, -0.2) is 0 Å². The van der Waals surface area contributed by atoms with Gasteiger partial charge in [0.15, 0.2) is 0 Å². The molecular weight excluding hydrogens is 172 g/mol. The quantitative estimate of drug-likeness (QED) is 0.451. The Kier molecular flexibility index (Phi) is 2.43. The van der Waals surface area contributed by atoms with Crippen molar-refractivity contribution in [2.45, 2.75) is 25.6 Å². The molecule has 0 spiro atoms. The van der Waals surface area contributed by atoms with Crippen LogP contribution < -0.4 is 0 Å². The summed E-state index contributed by atoms with van der Waals surface area (Å²) in [4.78, 5) is 10.1. The van der Waals surface area contributed by atoms with Crippen LogP contribution in [0, 0.1) is 5.92 Å². The lowest BCUT2D eigenvalue weighted by molar-refractivity contribution is 0.541. The molecule has 0 atom stereocenters. The Bertz CT molecular complexity index is 239. The first-order valence-corrected chi connectivity index (χ1v) is 4.29. The summed E-state index contributed by atoms with van der Waals surface area (Å²) in [6, 6.07) is 0. The van der Waals surface area contributed by atoms with Crippen molar-refractivity contribution in [2.75, 3.05) is 0 Å². The predicted molar refractivity (Wildman–Crippen MR) is 51.0 cm³/mol. The lowest BCUT2D eigenvalue weighted by Gasteiger charge is -2.24. The van der Waals surface area contributed by atoms with Crippen LogP contribution in [0.1, 0.15) is 20.8 Å². The van der Waals surface area contributed by atoms with E-state index in [4.69, 9.17) is 11.6 Å². The van der Waals surface area contributed by atoms with E-state index in [-0.39, 0.29) is 5.92 Å². The van der Waals surface area contributed by atoms with Crippen LogP contribution in [0.2, 0.25) is 0 Å². The van der Waals surface area contributed by atoms with Gasteiger partial charge in [0.25, 0.3) is 0 Å². The van der Waals surface area contributed by atoms with Gasteiger partial charge in [-0.2, -0.15) is 0 Å². The van der Waals surface area contributed by atoms with Crippen molar-refractivity contribution in [1.29, 1.82) is 0 Å². The smallest absolute Gasteiger partial charge is 0.210 e. The Morgan fingerprint density at radius 1 is 1.42 bits per heavy atom. The molecule has 0 unspecified atom stereocenters. The van der Waals surface area contributed by atoms with Crippen LogP contribution in [0.25, 0.3) is 0 Å². The monoisotopic (exact) mass is 183 g/mol. The molecule has 0 saturated carbocycles. The highest BCUT2D eigenvalue weighted by molar-refractivity contribution is 6.26. The Hall–Kier alpha value is -0.560. The average Bonchev–Trinajstić information content (AvgIpc) is 1.82. The number of carbonyl (C=O) groups excluding carboxylic acids is 1. The molecular formula is C10H12ClO. The standard InChI is InChI=1S/C10H12ClO/c1-7-4-10(3,11)5-8(2)9(7)6-12/h4-5,9H,1-3H3. The summed E-state index contributed by atoms with van der Waals surface area (Å²) in [5, 5.41) is 0. The van der Waals surface area contributed by atoms with Crippen molar-refractivity contribution in [3.63, 3.8) is 0 Å². The van der Waals surface area contributed by atoms with Gasteiger partial charge in [0.2, 0.25) is 6.29 Å². The number of hydrogen-bond donors (Lipinski definition) is 0. The van der Waals surface area contributed by atoms with Gasteiger partial charge in [-0.1, -0.05) is 23.3 Å². The molecule has 1 aliphatic carbocycles. The maximum atomic E-state index is 10.5. The average molecular weight is 184 g/mol. The minimum absolute atomic E-state index is 0.183. The van der Waals surface area contributed by atoms with Crippen molar-refractivity contribution in [3.8, 4) is 0 Å². The van der Waals surface area contributed by atoms with E-state index in [0.717, 1.165) is 11.1 Å². The second-order valence-electron chi connectivity index (χ2n) is 3.48. The highest BCUT2D eigenvalue weighted by Gasteiger charge is 2.25. The van der Waals surface area contributed by atoms with Gasteiger partial charge in [-0.3, -0.25) is 4.79 Å². The van der Waals surface area contributed by atoms with Gasteiger partial charge in [-0.05, 0) is 20.8 Å². The summed E-state index contributed by atoms with van der Waals surface area (Å²) in [7, 11) is 0. The number of alkyl halides is 1. The molecule has 0 amide bonds. The molecule has 0 aromatic heterocycles. The van der Waals surface area contributed by atoms with E-state index in [1.54, 1.807) is 0 Å². The van der Waals surface area contributed by atoms with Crippen LogP contribution in [0.15, 0.2) is 23.3 Å². The summed E-state index contributed by atoms with van der Waals surface area (Å²) in [5.41, 5.74) is 1.98. The second kappa shape index (κ2) is 3.06. The Morgan fingerprint density at radius 3 is 2.17 bits per heavy atom. The molecule has 0 aromatic carbocycles. The SMILES string of the molecule is CC1=CC(C)(Cl)C=C(C)C1[C]=O. The van der Waals surface area contributed by atoms with Crippen molar-refractivity contribution in [2.24, 2.45) is 5.92 Å². The van der Waals surface area contributed by atoms with Crippen LogP contribution in [0.3, 0.4) is 0 Å². The van der Waals surface area contributed by atoms with E-state index in [2.05, 4.69) is 0 Å². The molecule has 0 aromatic rings. The lowest BCUT2D eigenvalue weighted by atomic mass is 9.85. The summed E-state index contributed by atoms with van der Waals surface area (Å²) in [6.07, 6.45) is 5.80. The first-order chi connectivity index (χ1) is 5.46. The molecule has 0 aliphatic heterocycles. The number of halogens is 1. The van der Waals surface area contributed by atoms with Crippen LogP contribution in [-0.2, 0) is 4.79 Å². The van der Waals surface area contributed by atoms with Crippen LogP contribution in [0.5, 0.6) is 0 Å². The molecule has 0 bridgehead atoms. The van der Waals surface area contributed by atoms with E-state index in [1.807, 2.05) is 39.2 Å². The van der Waals surface area contributed by atoms with Gasteiger partial charge in [0.1, 0.15) is 0 Å². The number of allylic oxidation sites excluding steroid dienone is 4. The minimum atomic E-state index is -0.429. The zero-order chi connectivity index (χ0) is 9.35. The van der Waals surface area contributed by atoms with Crippen molar-refractivity contribution in [1.82, 2.24) is 0 Å². The fourth-order valence-electron chi connectivity index (χ4n) is 1.64. The molecule has 65 valence electrons. The van der Waals surface area contributed by atoms with E-state index in [9.17, 15) is 4.79 Å². The topological polar surface area (TPSA) is 17.1 Å². The summed E-state index contributed by atoms with van der Waals surface area (Å²) < 4.78 is 0. The molecule has 1 rings (SSSR count). The first kappa shape index (κ1) is 9.53. The third-order valence-electron chi connectivity index (χ3n) is 2.05. The molecule has 1 radical (unpaired) electrons. The first-order valence-electron chi connectivity index (χ1n) is 3.91. The predicted octanol–water partition coefficient (Wildman–Crippen LogP) is 2.62. The van der Waals surface area contributed by atoms with Crippen molar-refractivity contribution < 1.29 is 4.79 Å². The molecule has 1 aliphatic rings. The fourth-order valence-corrected chi connectivity index (χ4v) is 1.99. The zero-order valence-corrected chi connectivity index (χ0v) is 8.27. The Morgan fingerprint density at radius 2 is 1.83 bits per heavy atom. The maximum absolute atomic E-state index is 10.5. The molecule has 0 N–H and O–H groups in total. The summed E-state index contributed by atoms with van der Waals surface area (Å²) in [6.45, 7) is 5.72. The fraction of sp³-hybridized carbons (Fsp3) is 0.500. The number of hydrogen-bond acceptors (Lipinski definition) is 1. The van der Waals surface area contributed by atoms with Gasteiger partial charge in [0.05, 0.1) is 10.8 Å². The van der Waals surface area contributed by atoms with E-state index < -0.39 is 4.87 Å². The molecule has 1 nitrogen and oxygen atoms in total. The van der Waals surface area contributed by atoms with Gasteiger partial charge in [0, 0.05) is 0 Å². The Balaban J connectivity index is 3.03. The second-order valence-corrected chi connectivity index (χ2v) is 4.29. The maximum Gasteiger partial charge on any atom is 0.210 e. The van der Waals surface area contributed by atoms with Crippen molar-refractivity contribution in [3.05, 3.63) is 23.3 Å². The molecule has 2 heteroatoms. The van der Waals surface area contributed by atoms with Gasteiger partial charge >= 0.3 is 0 Å². The van der Waals surface area contributed by atoms with Crippen molar-refractivity contribution >= 4 is 17.9 Å². The zero-order valence-electron chi connectivity index (χ0n) is 7.52. The van der Waals surface area contributed by atoms with Gasteiger partial charge < -0.3 is 0 Å². The van der Waals surface area contributed by atoms with Crippen LogP contribution in [0.4, 0.5) is 0 Å². The molecule has 0 heterocycles. The van der Waals surface area contributed by atoms with Crippen LogP contribution in [-0.4, -0.2) is 11.2 Å². The van der Waals surface area contributed by atoms with Crippen LogP contribution >= 0.6 is 11.6 Å². The van der Waals surface area contributed by atoms with E-state index in [1.165, 1.54) is 0 Å². The molecule has 0 fully saturated rings. The Labute approximate surface area is 78.1 Å². The van der Waals surface area contributed by atoms with E-state index >= 15 is 0 Å². The third-order valence-corrected chi connectivity index (χ3v) is 2.27. The normalized spacial score (nSPS) is 35.5. The largest absolute Gasteiger partial charge is 0.290 e. The van der Waals surface area contributed by atoms with Gasteiger partial charge in [-0.15, -0.1) is 11.6 Å². The minimum Gasteiger partial charge on any atom is -0.290 e. The van der Waals surface area contributed by atoms with E-state index in [0.29, 0.717) is 0 Å².